The molecule has 1 aromatic heterocycles. The second-order valence-electron chi connectivity index (χ2n) is 9.10. The fourth-order valence-corrected chi connectivity index (χ4v) is 4.21. The highest BCUT2D eigenvalue weighted by molar-refractivity contribution is 5.92. The first-order valence-corrected chi connectivity index (χ1v) is 11.9. The Kier molecular flexibility index (Phi) is 7.93. The van der Waals surface area contributed by atoms with Crippen LogP contribution in [0.4, 0.5) is 19.0 Å². The summed E-state index contributed by atoms with van der Waals surface area (Å²) in [5.41, 5.74) is -0.373. The zero-order chi connectivity index (χ0) is 27.6. The molecular formula is C26H29F3N4O5. The normalized spacial score (nSPS) is 17.0. The molecule has 1 aliphatic heterocycles. The Balaban J connectivity index is 1.64. The highest BCUT2D eigenvalue weighted by atomic mass is 19.3. The predicted molar refractivity (Wildman–Crippen MR) is 133 cm³/mol. The molecule has 0 saturated carbocycles. The van der Waals surface area contributed by atoms with E-state index in [0.29, 0.717) is 40.6 Å². The summed E-state index contributed by atoms with van der Waals surface area (Å²) in [6, 6.07) is 6.24. The molecule has 0 bridgehead atoms. The van der Waals surface area contributed by atoms with Crippen molar-refractivity contribution in [1.29, 1.82) is 0 Å². The van der Waals surface area contributed by atoms with Gasteiger partial charge in [0.1, 0.15) is 43.4 Å². The lowest BCUT2D eigenvalue weighted by molar-refractivity contribution is -0.148. The second kappa shape index (κ2) is 11.0. The molecule has 1 aliphatic rings. The second-order valence-corrected chi connectivity index (χ2v) is 9.10. The number of amides is 1. The van der Waals surface area contributed by atoms with Gasteiger partial charge in [0.25, 0.3) is 5.92 Å². The van der Waals surface area contributed by atoms with E-state index in [1.54, 1.807) is 37.9 Å². The van der Waals surface area contributed by atoms with Crippen LogP contribution in [-0.4, -0.2) is 72.5 Å². The van der Waals surface area contributed by atoms with Crippen LogP contribution in [0.1, 0.15) is 29.9 Å². The summed E-state index contributed by atoms with van der Waals surface area (Å²) in [6.07, 6.45) is -0.336. The number of nitrogens with zero attached hydrogens (tertiary/aromatic N) is 3. The van der Waals surface area contributed by atoms with Gasteiger partial charge in [-0.2, -0.15) is 8.78 Å². The lowest BCUT2D eigenvalue weighted by atomic mass is 10.00. The average Bonchev–Trinajstić information content (AvgIpc) is 2.88. The minimum atomic E-state index is -3.72. The van der Waals surface area contributed by atoms with Gasteiger partial charge >= 0.3 is 0 Å². The number of morpholine rings is 1. The van der Waals surface area contributed by atoms with Gasteiger partial charge < -0.3 is 29.5 Å². The van der Waals surface area contributed by atoms with Crippen LogP contribution in [0, 0.1) is 12.7 Å². The summed E-state index contributed by atoms with van der Waals surface area (Å²) in [5, 5.41) is 12.6. The number of alkyl halides is 2. The molecule has 1 saturated heterocycles. The molecule has 38 heavy (non-hydrogen) atoms. The van der Waals surface area contributed by atoms with Crippen molar-refractivity contribution in [3.8, 4) is 11.5 Å². The number of carbonyl (C=O) groups is 1. The number of carbonyl (C=O) groups excluding carboxylic acids is 1. The van der Waals surface area contributed by atoms with Crippen LogP contribution >= 0.6 is 0 Å². The number of aromatic nitrogens is 2. The van der Waals surface area contributed by atoms with Crippen LogP contribution in [0.3, 0.4) is 0 Å². The standard InChI is InChI=1S/C26H29F3N4O5/c1-14(17-6-5-7-19(24(17)27)26(28,29)13-34)30-25-18-8-22(21(36-4)9-20(18)31-15(2)32-25)38-11-16-10-33(3)23(35)12-37-16/h5-9,14,16,34H,10-13H2,1-4H3,(H,30,31,32)/t14-,16-/m1/s1. The van der Waals surface area contributed by atoms with Gasteiger partial charge in [-0.05, 0) is 26.0 Å². The van der Waals surface area contributed by atoms with E-state index in [1.807, 2.05) is 0 Å². The molecule has 0 unspecified atom stereocenters. The number of nitrogens with one attached hydrogen (secondary N) is 1. The maximum absolute atomic E-state index is 15.1. The third-order valence-corrected chi connectivity index (χ3v) is 6.30. The quantitative estimate of drug-likeness (QED) is 0.429. The lowest BCUT2D eigenvalue weighted by Gasteiger charge is -2.29. The first-order chi connectivity index (χ1) is 18.0. The van der Waals surface area contributed by atoms with Crippen LogP contribution in [0.25, 0.3) is 10.9 Å². The first kappa shape index (κ1) is 27.4. The molecule has 0 radical (unpaired) electrons. The van der Waals surface area contributed by atoms with Crippen LogP contribution in [0.15, 0.2) is 30.3 Å². The number of aliphatic hydroxyl groups is 1. The third kappa shape index (κ3) is 5.60. The number of likely N-dealkylation sites (N-methyl/N-ethyl adjacent to an activating group) is 1. The molecule has 12 heteroatoms. The maximum Gasteiger partial charge on any atom is 0.298 e. The molecule has 3 aromatic rings. The Morgan fingerprint density at radius 1 is 1.29 bits per heavy atom. The monoisotopic (exact) mass is 534 g/mol. The average molecular weight is 535 g/mol. The molecule has 9 nitrogen and oxygen atoms in total. The summed E-state index contributed by atoms with van der Waals surface area (Å²) in [5.74, 6) is -3.38. The SMILES string of the molecule is COc1cc2nc(C)nc(N[C@H](C)c3cccc(C(F)(F)CO)c3F)c2cc1OC[C@H]1CN(C)C(=O)CO1. The van der Waals surface area contributed by atoms with Crippen molar-refractivity contribution in [2.45, 2.75) is 31.9 Å². The van der Waals surface area contributed by atoms with E-state index in [4.69, 9.17) is 19.3 Å². The van der Waals surface area contributed by atoms with Crippen LogP contribution in [0.2, 0.25) is 0 Å². The Bertz CT molecular complexity index is 1340. The minimum absolute atomic E-state index is 0.0156. The van der Waals surface area contributed by atoms with Gasteiger partial charge in [-0.1, -0.05) is 12.1 Å². The molecule has 1 amide bonds. The van der Waals surface area contributed by atoms with Gasteiger partial charge in [0.05, 0.1) is 24.2 Å². The van der Waals surface area contributed by atoms with E-state index in [2.05, 4.69) is 15.3 Å². The molecule has 0 spiro atoms. The molecule has 2 atom stereocenters. The number of halogens is 3. The zero-order valence-electron chi connectivity index (χ0n) is 21.4. The van der Waals surface area contributed by atoms with Gasteiger partial charge in [-0.3, -0.25) is 4.79 Å². The molecule has 4 rings (SSSR count). The predicted octanol–water partition coefficient (Wildman–Crippen LogP) is 3.58. The Morgan fingerprint density at radius 3 is 2.74 bits per heavy atom. The van der Waals surface area contributed by atoms with Crippen LogP contribution in [0.5, 0.6) is 11.5 Å². The highest BCUT2D eigenvalue weighted by Gasteiger charge is 2.35. The van der Waals surface area contributed by atoms with E-state index in [0.717, 1.165) is 6.07 Å². The number of hydrogen-bond acceptors (Lipinski definition) is 8. The van der Waals surface area contributed by atoms with E-state index in [9.17, 15) is 13.6 Å². The van der Waals surface area contributed by atoms with E-state index in [1.165, 1.54) is 19.2 Å². The van der Waals surface area contributed by atoms with E-state index >= 15 is 4.39 Å². The van der Waals surface area contributed by atoms with Crippen molar-refractivity contribution in [2.75, 3.05) is 45.8 Å². The van der Waals surface area contributed by atoms with Crippen molar-refractivity contribution in [1.82, 2.24) is 14.9 Å². The van der Waals surface area contributed by atoms with E-state index in [-0.39, 0.29) is 30.8 Å². The number of aliphatic hydroxyl groups excluding tert-OH is 1. The molecule has 2 N–H and O–H groups in total. The van der Waals surface area contributed by atoms with Gasteiger partial charge in [0.15, 0.2) is 11.5 Å². The Labute approximate surface area is 217 Å². The Hall–Kier alpha value is -3.64. The topological polar surface area (TPSA) is 106 Å². The van der Waals surface area contributed by atoms with Crippen molar-refractivity contribution < 1.29 is 37.3 Å². The number of ether oxygens (including phenoxy) is 3. The molecular weight excluding hydrogens is 505 g/mol. The van der Waals surface area contributed by atoms with Gasteiger partial charge in [0.2, 0.25) is 5.91 Å². The molecule has 2 aromatic carbocycles. The number of aryl methyl sites for hydroxylation is 1. The molecule has 0 aliphatic carbocycles. The lowest BCUT2D eigenvalue weighted by Crippen LogP contribution is -2.46. The number of anilines is 1. The van der Waals surface area contributed by atoms with Crippen LogP contribution < -0.4 is 14.8 Å². The molecule has 204 valence electrons. The summed E-state index contributed by atoms with van der Waals surface area (Å²) in [4.78, 5) is 22.1. The number of hydrogen-bond donors (Lipinski definition) is 2. The van der Waals surface area contributed by atoms with Crippen molar-refractivity contribution in [3.63, 3.8) is 0 Å². The smallest absolute Gasteiger partial charge is 0.298 e. The fourth-order valence-electron chi connectivity index (χ4n) is 4.21. The van der Waals surface area contributed by atoms with Crippen LogP contribution in [-0.2, 0) is 15.5 Å². The minimum Gasteiger partial charge on any atom is -0.493 e. The number of benzene rings is 2. The van der Waals surface area contributed by atoms with Crippen molar-refractivity contribution in [2.24, 2.45) is 0 Å². The van der Waals surface area contributed by atoms with Gasteiger partial charge in [-0.15, -0.1) is 0 Å². The Morgan fingerprint density at radius 2 is 2.05 bits per heavy atom. The molecule has 1 fully saturated rings. The first-order valence-electron chi connectivity index (χ1n) is 11.9. The highest BCUT2D eigenvalue weighted by Crippen LogP contribution is 2.37. The van der Waals surface area contributed by atoms with E-state index < -0.39 is 30.0 Å². The van der Waals surface area contributed by atoms with Crippen molar-refractivity contribution in [3.05, 3.63) is 53.1 Å². The summed E-state index contributed by atoms with van der Waals surface area (Å²) >= 11 is 0. The maximum atomic E-state index is 15.1. The largest absolute Gasteiger partial charge is 0.493 e. The van der Waals surface area contributed by atoms with Crippen molar-refractivity contribution >= 4 is 22.6 Å². The number of fused-ring (bicyclic) bond motifs is 1. The zero-order valence-corrected chi connectivity index (χ0v) is 21.4. The van der Waals surface area contributed by atoms with Gasteiger partial charge in [0, 0.05) is 30.6 Å². The summed E-state index contributed by atoms with van der Waals surface area (Å²) < 4.78 is 60.2. The summed E-state index contributed by atoms with van der Waals surface area (Å²) in [7, 11) is 3.18. The number of rotatable bonds is 9. The third-order valence-electron chi connectivity index (χ3n) is 6.30. The number of methoxy groups -OCH3 is 1. The fraction of sp³-hybridized carbons (Fsp3) is 0.423. The molecule has 2 heterocycles. The summed E-state index contributed by atoms with van der Waals surface area (Å²) in [6.45, 7) is 2.30. The van der Waals surface area contributed by atoms with Gasteiger partial charge in [-0.25, -0.2) is 14.4 Å².